The molecular formula is C13H13BrN4OS. The number of aryl methyl sites for hydroxylation is 1. The van der Waals surface area contributed by atoms with Gasteiger partial charge in [-0.25, -0.2) is 10.4 Å². The van der Waals surface area contributed by atoms with E-state index in [1.807, 2.05) is 31.2 Å². The van der Waals surface area contributed by atoms with Crippen molar-refractivity contribution in [1.29, 1.82) is 0 Å². The molecule has 0 bridgehead atoms. The lowest BCUT2D eigenvalue weighted by atomic mass is 10.2. The van der Waals surface area contributed by atoms with Crippen LogP contribution >= 0.6 is 27.3 Å². The number of benzene rings is 1. The molecule has 20 heavy (non-hydrogen) atoms. The maximum absolute atomic E-state index is 12.0. The standard InChI is InChI=1S/C13H13BrN4OS/c1-2-10-11(20-13(15)17-10)12(19)18-16-7-8-5-3-4-6-9(8)14/h3-7H,2H2,1H3,(H2,15,17)(H,18,19). The Labute approximate surface area is 129 Å². The van der Waals surface area contributed by atoms with Crippen LogP contribution in [-0.2, 0) is 6.42 Å². The van der Waals surface area contributed by atoms with E-state index >= 15 is 0 Å². The molecule has 0 aliphatic heterocycles. The lowest BCUT2D eigenvalue weighted by Gasteiger charge is -1.99. The summed E-state index contributed by atoms with van der Waals surface area (Å²) >= 11 is 4.57. The van der Waals surface area contributed by atoms with Crippen LogP contribution in [0.5, 0.6) is 0 Å². The summed E-state index contributed by atoms with van der Waals surface area (Å²) in [5.74, 6) is -0.292. The number of hydrogen-bond acceptors (Lipinski definition) is 5. The molecule has 1 heterocycles. The van der Waals surface area contributed by atoms with Gasteiger partial charge >= 0.3 is 0 Å². The second-order valence-electron chi connectivity index (χ2n) is 3.90. The first-order valence-electron chi connectivity index (χ1n) is 5.95. The first-order valence-corrected chi connectivity index (χ1v) is 7.56. The van der Waals surface area contributed by atoms with Gasteiger partial charge in [0.15, 0.2) is 5.13 Å². The van der Waals surface area contributed by atoms with Gasteiger partial charge in [-0.15, -0.1) is 0 Å². The van der Waals surface area contributed by atoms with Gasteiger partial charge in [-0.05, 0) is 12.5 Å². The molecule has 0 spiro atoms. The van der Waals surface area contributed by atoms with Gasteiger partial charge in [0.05, 0.1) is 11.9 Å². The molecule has 1 amide bonds. The van der Waals surface area contributed by atoms with E-state index in [-0.39, 0.29) is 5.91 Å². The number of anilines is 1. The number of nitrogens with zero attached hydrogens (tertiary/aromatic N) is 2. The van der Waals surface area contributed by atoms with Gasteiger partial charge in [0.25, 0.3) is 5.91 Å². The van der Waals surface area contributed by atoms with Crippen molar-refractivity contribution in [3.8, 4) is 0 Å². The molecule has 1 aromatic heterocycles. The first-order chi connectivity index (χ1) is 9.61. The number of amides is 1. The zero-order chi connectivity index (χ0) is 14.5. The third-order valence-corrected chi connectivity index (χ3v) is 4.18. The minimum atomic E-state index is -0.292. The summed E-state index contributed by atoms with van der Waals surface area (Å²) in [5, 5.41) is 4.34. The van der Waals surface area contributed by atoms with E-state index in [0.29, 0.717) is 22.1 Å². The Morgan fingerprint density at radius 1 is 1.55 bits per heavy atom. The molecule has 2 rings (SSSR count). The molecule has 0 aliphatic rings. The van der Waals surface area contributed by atoms with Crippen LogP contribution in [0, 0.1) is 0 Å². The third-order valence-electron chi connectivity index (χ3n) is 2.53. The van der Waals surface area contributed by atoms with Gasteiger partial charge in [0, 0.05) is 10.0 Å². The second-order valence-corrected chi connectivity index (χ2v) is 5.79. The van der Waals surface area contributed by atoms with Crippen molar-refractivity contribution in [3.05, 3.63) is 44.9 Å². The highest BCUT2D eigenvalue weighted by Crippen LogP contribution is 2.20. The lowest BCUT2D eigenvalue weighted by Crippen LogP contribution is -2.17. The number of nitrogen functional groups attached to an aromatic ring is 1. The Balaban J connectivity index is 2.07. The molecule has 0 fully saturated rings. The summed E-state index contributed by atoms with van der Waals surface area (Å²) in [5.41, 5.74) is 9.68. The molecule has 104 valence electrons. The Morgan fingerprint density at radius 2 is 2.30 bits per heavy atom. The summed E-state index contributed by atoms with van der Waals surface area (Å²) in [6, 6.07) is 7.60. The van der Waals surface area contributed by atoms with E-state index in [1.54, 1.807) is 6.21 Å². The number of thiazole rings is 1. The van der Waals surface area contributed by atoms with Crippen LogP contribution in [0.1, 0.15) is 27.9 Å². The lowest BCUT2D eigenvalue weighted by molar-refractivity contribution is 0.0958. The molecule has 3 N–H and O–H groups in total. The number of halogens is 1. The van der Waals surface area contributed by atoms with E-state index < -0.39 is 0 Å². The molecule has 0 atom stereocenters. The fourth-order valence-electron chi connectivity index (χ4n) is 1.58. The molecule has 0 radical (unpaired) electrons. The van der Waals surface area contributed by atoms with Gasteiger partial charge in [0.1, 0.15) is 4.88 Å². The fraction of sp³-hybridized carbons (Fsp3) is 0.154. The van der Waals surface area contributed by atoms with Crippen molar-refractivity contribution >= 4 is 44.5 Å². The zero-order valence-electron chi connectivity index (χ0n) is 10.8. The second kappa shape index (κ2) is 6.62. The Morgan fingerprint density at radius 3 is 3.00 bits per heavy atom. The number of nitrogens with two attached hydrogens (primary N) is 1. The Kier molecular flexibility index (Phi) is 4.86. The van der Waals surface area contributed by atoms with E-state index in [2.05, 4.69) is 31.4 Å². The summed E-state index contributed by atoms with van der Waals surface area (Å²) in [6.07, 6.45) is 2.24. The van der Waals surface area contributed by atoms with Crippen LogP contribution in [0.3, 0.4) is 0 Å². The van der Waals surface area contributed by atoms with Crippen molar-refractivity contribution < 1.29 is 4.79 Å². The maximum Gasteiger partial charge on any atom is 0.283 e. The van der Waals surface area contributed by atoms with E-state index in [4.69, 9.17) is 5.73 Å². The van der Waals surface area contributed by atoms with Crippen LogP contribution in [0.4, 0.5) is 5.13 Å². The van der Waals surface area contributed by atoms with Crippen LogP contribution in [0.25, 0.3) is 0 Å². The monoisotopic (exact) mass is 352 g/mol. The number of carbonyl (C=O) groups is 1. The molecule has 0 unspecified atom stereocenters. The van der Waals surface area contributed by atoms with Gasteiger partial charge in [-0.1, -0.05) is 52.4 Å². The van der Waals surface area contributed by atoms with Crippen molar-refractivity contribution in [2.24, 2.45) is 5.10 Å². The molecule has 0 saturated heterocycles. The van der Waals surface area contributed by atoms with Crippen LogP contribution < -0.4 is 11.2 Å². The van der Waals surface area contributed by atoms with Gasteiger partial charge < -0.3 is 5.73 Å². The summed E-state index contributed by atoms with van der Waals surface area (Å²) in [4.78, 5) is 16.6. The molecular weight excluding hydrogens is 340 g/mol. The largest absolute Gasteiger partial charge is 0.375 e. The van der Waals surface area contributed by atoms with Crippen LogP contribution in [-0.4, -0.2) is 17.1 Å². The highest BCUT2D eigenvalue weighted by atomic mass is 79.9. The third kappa shape index (κ3) is 3.43. The highest BCUT2D eigenvalue weighted by Gasteiger charge is 2.15. The van der Waals surface area contributed by atoms with Gasteiger partial charge in [-0.3, -0.25) is 4.79 Å². The molecule has 7 heteroatoms. The number of aromatic nitrogens is 1. The Hall–Kier alpha value is -1.73. The molecule has 2 aromatic rings. The maximum atomic E-state index is 12.0. The topological polar surface area (TPSA) is 80.4 Å². The number of hydrogen-bond donors (Lipinski definition) is 2. The predicted molar refractivity (Wildman–Crippen MR) is 85.1 cm³/mol. The minimum Gasteiger partial charge on any atom is -0.375 e. The van der Waals surface area contributed by atoms with Gasteiger partial charge in [0.2, 0.25) is 0 Å². The van der Waals surface area contributed by atoms with Crippen molar-refractivity contribution in [2.75, 3.05) is 5.73 Å². The minimum absolute atomic E-state index is 0.292. The van der Waals surface area contributed by atoms with Crippen LogP contribution in [0.2, 0.25) is 0 Å². The van der Waals surface area contributed by atoms with Crippen LogP contribution in [0.15, 0.2) is 33.8 Å². The van der Waals surface area contributed by atoms with Crippen molar-refractivity contribution in [1.82, 2.24) is 10.4 Å². The normalized spacial score (nSPS) is 10.9. The number of carbonyl (C=O) groups excluding carboxylic acids is 1. The molecule has 0 aliphatic carbocycles. The van der Waals surface area contributed by atoms with Crippen molar-refractivity contribution in [3.63, 3.8) is 0 Å². The zero-order valence-corrected chi connectivity index (χ0v) is 13.2. The molecule has 1 aromatic carbocycles. The predicted octanol–water partition coefficient (Wildman–Crippen LogP) is 2.81. The fourth-order valence-corrected chi connectivity index (χ4v) is 2.78. The van der Waals surface area contributed by atoms with E-state index in [9.17, 15) is 4.79 Å². The highest BCUT2D eigenvalue weighted by molar-refractivity contribution is 9.10. The quantitative estimate of drug-likeness (QED) is 0.655. The van der Waals surface area contributed by atoms with E-state index in [0.717, 1.165) is 10.0 Å². The summed E-state index contributed by atoms with van der Waals surface area (Å²) in [7, 11) is 0. The summed E-state index contributed by atoms with van der Waals surface area (Å²) in [6.45, 7) is 1.93. The smallest absolute Gasteiger partial charge is 0.283 e. The summed E-state index contributed by atoms with van der Waals surface area (Å²) < 4.78 is 0.911. The SMILES string of the molecule is CCc1nc(N)sc1C(=O)NN=Cc1ccccc1Br. The average Bonchev–Trinajstić information content (AvgIpc) is 2.82. The van der Waals surface area contributed by atoms with Gasteiger partial charge in [-0.2, -0.15) is 5.10 Å². The average molecular weight is 353 g/mol. The van der Waals surface area contributed by atoms with Crippen molar-refractivity contribution in [2.45, 2.75) is 13.3 Å². The first kappa shape index (κ1) is 14.7. The Bertz CT molecular complexity index is 654. The number of rotatable bonds is 4. The molecule has 0 saturated carbocycles. The van der Waals surface area contributed by atoms with E-state index in [1.165, 1.54) is 11.3 Å². The molecule has 5 nitrogen and oxygen atoms in total. The number of nitrogens with one attached hydrogen (secondary N) is 1. The number of hydrazone groups is 1.